The number of halogens is 2. The molecule has 0 spiro atoms. The van der Waals surface area contributed by atoms with Crippen LogP contribution in [-0.2, 0) is 4.79 Å². The topological polar surface area (TPSA) is 17.1 Å². The fourth-order valence-electron chi connectivity index (χ4n) is 0.748. The van der Waals surface area contributed by atoms with Crippen molar-refractivity contribution in [2.75, 3.05) is 0 Å². The minimum Gasteiger partial charge on any atom is -0.294 e. The number of carbonyl (C=O) groups excluding carboxylic acids is 1. The second-order valence-electron chi connectivity index (χ2n) is 2.01. The van der Waals surface area contributed by atoms with E-state index in [-0.39, 0.29) is 0 Å². The van der Waals surface area contributed by atoms with E-state index in [1.165, 1.54) is 18.2 Å². The Morgan fingerprint density at radius 3 is 2.50 bits per heavy atom. The molecule has 1 aliphatic rings. The quantitative estimate of drug-likeness (QED) is 0.545. The average Bonchev–Trinajstić information content (AvgIpc) is 1.88. The van der Waals surface area contributed by atoms with Crippen molar-refractivity contribution in [3.63, 3.8) is 0 Å². The van der Waals surface area contributed by atoms with Crippen LogP contribution < -0.4 is 0 Å². The van der Waals surface area contributed by atoms with Gasteiger partial charge in [0, 0.05) is 0 Å². The van der Waals surface area contributed by atoms with Crippen molar-refractivity contribution in [2.24, 2.45) is 5.92 Å². The Hall–Kier alpha value is -0.990. The van der Waals surface area contributed by atoms with E-state index in [2.05, 4.69) is 0 Å². The molecule has 0 aromatic carbocycles. The second-order valence-corrected chi connectivity index (χ2v) is 2.01. The van der Waals surface area contributed by atoms with E-state index in [9.17, 15) is 13.6 Å². The van der Waals surface area contributed by atoms with Crippen molar-refractivity contribution in [3.8, 4) is 0 Å². The number of allylic oxidation sites excluding steroid dienone is 4. The molecule has 0 fully saturated rings. The maximum Gasteiger partial charge on any atom is 0.252 e. The molecule has 0 radical (unpaired) electrons. The highest BCUT2D eigenvalue weighted by atomic mass is 19.3. The predicted octanol–water partition coefficient (Wildman–Crippen LogP) is 1.56. The summed E-state index contributed by atoms with van der Waals surface area (Å²) >= 11 is 0. The number of hydrogen-bond acceptors (Lipinski definition) is 1. The van der Waals surface area contributed by atoms with Crippen LogP contribution in [0.4, 0.5) is 8.78 Å². The molecule has 3 heteroatoms. The first-order valence-electron chi connectivity index (χ1n) is 2.88. The SMILES string of the molecule is O=C1C=CC=CC1C(F)F. The molecule has 0 saturated heterocycles. The normalized spacial score (nSPS) is 24.3. The van der Waals surface area contributed by atoms with Crippen molar-refractivity contribution in [3.05, 3.63) is 24.3 Å². The van der Waals surface area contributed by atoms with E-state index in [1.54, 1.807) is 0 Å². The van der Waals surface area contributed by atoms with Gasteiger partial charge in [-0.3, -0.25) is 4.79 Å². The van der Waals surface area contributed by atoms with Gasteiger partial charge in [-0.15, -0.1) is 0 Å². The van der Waals surface area contributed by atoms with Crippen LogP contribution in [0.5, 0.6) is 0 Å². The molecular formula is C7H6F2O. The fraction of sp³-hybridized carbons (Fsp3) is 0.286. The van der Waals surface area contributed by atoms with Crippen LogP contribution >= 0.6 is 0 Å². The first-order chi connectivity index (χ1) is 4.72. The molecule has 0 heterocycles. The van der Waals surface area contributed by atoms with Crippen molar-refractivity contribution in [2.45, 2.75) is 6.43 Å². The highest BCUT2D eigenvalue weighted by molar-refractivity contribution is 5.94. The first kappa shape index (κ1) is 7.12. The lowest BCUT2D eigenvalue weighted by Crippen LogP contribution is -2.19. The number of ketones is 1. The van der Waals surface area contributed by atoms with Gasteiger partial charge in [-0.25, -0.2) is 8.78 Å². The monoisotopic (exact) mass is 144 g/mol. The molecule has 0 aliphatic heterocycles. The summed E-state index contributed by atoms with van der Waals surface area (Å²) < 4.78 is 23.7. The van der Waals surface area contributed by atoms with Crippen LogP contribution in [0, 0.1) is 5.92 Å². The zero-order valence-corrected chi connectivity index (χ0v) is 5.13. The molecule has 0 N–H and O–H groups in total. The van der Waals surface area contributed by atoms with Crippen molar-refractivity contribution < 1.29 is 13.6 Å². The third-order valence-corrected chi connectivity index (χ3v) is 1.29. The molecule has 0 bridgehead atoms. The molecule has 1 rings (SSSR count). The summed E-state index contributed by atoms with van der Waals surface area (Å²) in [6.07, 6.45) is 2.72. The Kier molecular flexibility index (Phi) is 1.94. The standard InChI is InChI=1S/C7H6F2O/c8-7(9)5-3-1-2-4-6(5)10/h1-5,7H. The summed E-state index contributed by atoms with van der Waals surface area (Å²) in [6.45, 7) is 0. The maximum atomic E-state index is 11.9. The third kappa shape index (κ3) is 1.29. The zero-order chi connectivity index (χ0) is 7.56. The summed E-state index contributed by atoms with van der Waals surface area (Å²) in [5.41, 5.74) is 0. The Labute approximate surface area is 57.0 Å². The van der Waals surface area contributed by atoms with E-state index < -0.39 is 18.1 Å². The van der Waals surface area contributed by atoms with Crippen molar-refractivity contribution >= 4 is 5.78 Å². The minimum absolute atomic E-state index is 0.516. The Balaban J connectivity index is 2.70. The van der Waals surface area contributed by atoms with E-state index in [4.69, 9.17) is 0 Å². The van der Waals surface area contributed by atoms with Crippen molar-refractivity contribution in [1.29, 1.82) is 0 Å². The van der Waals surface area contributed by atoms with Gasteiger partial charge in [-0.2, -0.15) is 0 Å². The summed E-state index contributed by atoms with van der Waals surface area (Å²) in [7, 11) is 0. The number of rotatable bonds is 1. The molecule has 10 heavy (non-hydrogen) atoms. The van der Waals surface area contributed by atoms with Gasteiger partial charge in [0.2, 0.25) is 0 Å². The highest BCUT2D eigenvalue weighted by Crippen LogP contribution is 2.15. The molecule has 54 valence electrons. The van der Waals surface area contributed by atoms with Crippen LogP contribution in [0.2, 0.25) is 0 Å². The first-order valence-corrected chi connectivity index (χ1v) is 2.88. The molecular weight excluding hydrogens is 138 g/mol. The van der Waals surface area contributed by atoms with Gasteiger partial charge in [0.15, 0.2) is 5.78 Å². The van der Waals surface area contributed by atoms with Crippen LogP contribution in [0.25, 0.3) is 0 Å². The number of carbonyl (C=O) groups is 1. The fourth-order valence-corrected chi connectivity index (χ4v) is 0.748. The lowest BCUT2D eigenvalue weighted by molar-refractivity contribution is -0.120. The zero-order valence-electron chi connectivity index (χ0n) is 5.13. The molecule has 1 nitrogen and oxygen atoms in total. The van der Waals surface area contributed by atoms with Gasteiger partial charge in [0.05, 0.1) is 0 Å². The summed E-state index contributed by atoms with van der Waals surface area (Å²) in [5, 5.41) is 0. The lowest BCUT2D eigenvalue weighted by atomic mass is 10.0. The van der Waals surface area contributed by atoms with E-state index in [0.717, 1.165) is 6.08 Å². The van der Waals surface area contributed by atoms with Crippen LogP contribution in [0.1, 0.15) is 0 Å². The van der Waals surface area contributed by atoms with Gasteiger partial charge in [0.25, 0.3) is 6.43 Å². The molecule has 0 aromatic heterocycles. The Bertz CT molecular complexity index is 194. The Morgan fingerprint density at radius 1 is 1.40 bits per heavy atom. The number of alkyl halides is 2. The van der Waals surface area contributed by atoms with Gasteiger partial charge >= 0.3 is 0 Å². The van der Waals surface area contributed by atoms with Gasteiger partial charge in [-0.1, -0.05) is 18.2 Å². The molecule has 0 amide bonds. The van der Waals surface area contributed by atoms with Crippen LogP contribution in [0.3, 0.4) is 0 Å². The highest BCUT2D eigenvalue weighted by Gasteiger charge is 2.24. The smallest absolute Gasteiger partial charge is 0.252 e. The number of hydrogen-bond donors (Lipinski definition) is 0. The van der Waals surface area contributed by atoms with Gasteiger partial charge in [-0.05, 0) is 6.08 Å². The third-order valence-electron chi connectivity index (χ3n) is 1.29. The van der Waals surface area contributed by atoms with E-state index >= 15 is 0 Å². The van der Waals surface area contributed by atoms with Crippen LogP contribution in [0.15, 0.2) is 24.3 Å². The summed E-state index contributed by atoms with van der Waals surface area (Å²) in [4.78, 5) is 10.6. The molecule has 1 aliphatic carbocycles. The maximum absolute atomic E-state index is 11.9. The summed E-state index contributed by atoms with van der Waals surface area (Å²) in [5.74, 6) is -1.73. The Morgan fingerprint density at radius 2 is 2.10 bits per heavy atom. The second kappa shape index (κ2) is 2.73. The molecule has 0 aromatic rings. The van der Waals surface area contributed by atoms with Crippen molar-refractivity contribution in [1.82, 2.24) is 0 Å². The summed E-state index contributed by atoms with van der Waals surface area (Å²) in [6, 6.07) is 0. The van der Waals surface area contributed by atoms with Crippen LogP contribution in [-0.4, -0.2) is 12.2 Å². The van der Waals surface area contributed by atoms with Gasteiger partial charge < -0.3 is 0 Å². The molecule has 1 atom stereocenters. The predicted molar refractivity (Wildman–Crippen MR) is 32.8 cm³/mol. The van der Waals surface area contributed by atoms with E-state index in [0.29, 0.717) is 0 Å². The van der Waals surface area contributed by atoms with E-state index in [1.807, 2.05) is 0 Å². The minimum atomic E-state index is -2.58. The molecule has 0 saturated carbocycles. The molecule has 1 unspecified atom stereocenters. The van der Waals surface area contributed by atoms with Gasteiger partial charge in [0.1, 0.15) is 5.92 Å². The average molecular weight is 144 g/mol. The largest absolute Gasteiger partial charge is 0.294 e. The lowest BCUT2D eigenvalue weighted by Gasteiger charge is -2.08.